The summed E-state index contributed by atoms with van der Waals surface area (Å²) in [4.78, 5) is 13.7. The van der Waals surface area contributed by atoms with Gasteiger partial charge in [0.2, 0.25) is 0 Å². The Morgan fingerprint density at radius 2 is 2.29 bits per heavy atom. The third-order valence-corrected chi connectivity index (χ3v) is 3.31. The molecule has 0 aliphatic carbocycles. The van der Waals surface area contributed by atoms with Gasteiger partial charge in [0.1, 0.15) is 6.04 Å². The van der Waals surface area contributed by atoms with Gasteiger partial charge in [-0.2, -0.15) is 0 Å². The van der Waals surface area contributed by atoms with E-state index in [1.54, 1.807) is 7.11 Å². The lowest BCUT2D eigenvalue weighted by atomic mass is 9.98. The molecule has 6 nitrogen and oxygen atoms in total. The van der Waals surface area contributed by atoms with Crippen molar-refractivity contribution in [3.05, 3.63) is 0 Å². The minimum Gasteiger partial charge on any atom is -0.390 e. The smallest absolute Gasteiger partial charge is 0.253 e. The van der Waals surface area contributed by atoms with Crippen LogP contribution in [0.15, 0.2) is 0 Å². The Bertz CT molecular complexity index is 258. The first-order valence-electron chi connectivity index (χ1n) is 5.96. The highest BCUT2D eigenvalue weighted by molar-refractivity contribution is 5.81. The number of hydrogen-bond donors (Lipinski definition) is 3. The highest BCUT2D eigenvalue weighted by Gasteiger charge is 2.31. The summed E-state index contributed by atoms with van der Waals surface area (Å²) >= 11 is 0. The number of methoxy groups -OCH3 is 1. The molecule has 1 aliphatic heterocycles. The molecule has 0 spiro atoms. The predicted octanol–water partition coefficient (Wildman–Crippen LogP) is -0.772. The number of aliphatic hydroxyl groups is 1. The number of amides is 1. The Morgan fingerprint density at radius 1 is 1.59 bits per heavy atom. The number of nitrogens with zero attached hydrogens (tertiary/aromatic N) is 1. The zero-order chi connectivity index (χ0) is 12.9. The first kappa shape index (κ1) is 14.4. The Balaban J connectivity index is 2.64. The van der Waals surface area contributed by atoms with E-state index in [-0.39, 0.29) is 11.9 Å². The van der Waals surface area contributed by atoms with E-state index in [4.69, 9.17) is 10.6 Å². The standard InChI is InChI=1S/C11H23N3O3/c1-11(16)4-3-6-14(7-5-11)9(8-17-2)10(15)13-12/h9,16H,3-8,12H2,1-2H3,(H,13,15). The predicted molar refractivity (Wildman–Crippen MR) is 64.0 cm³/mol. The molecule has 1 amide bonds. The fraction of sp³-hybridized carbons (Fsp3) is 0.909. The normalized spacial score (nSPS) is 28.5. The van der Waals surface area contributed by atoms with Gasteiger partial charge in [-0.05, 0) is 32.7 Å². The average molecular weight is 245 g/mol. The second-order valence-corrected chi connectivity index (χ2v) is 4.87. The lowest BCUT2D eigenvalue weighted by Gasteiger charge is -2.29. The summed E-state index contributed by atoms with van der Waals surface area (Å²) in [5.74, 6) is 4.93. The van der Waals surface area contributed by atoms with Gasteiger partial charge >= 0.3 is 0 Å². The summed E-state index contributed by atoms with van der Waals surface area (Å²) in [5, 5.41) is 10.00. The van der Waals surface area contributed by atoms with Crippen LogP contribution in [0.2, 0.25) is 0 Å². The van der Waals surface area contributed by atoms with Crippen molar-refractivity contribution in [1.82, 2.24) is 10.3 Å². The SMILES string of the molecule is COCC(C(=O)NN)N1CCCC(C)(O)CC1. The topological polar surface area (TPSA) is 87.8 Å². The molecule has 1 saturated heterocycles. The van der Waals surface area contributed by atoms with E-state index in [0.29, 0.717) is 19.6 Å². The Hall–Kier alpha value is -0.690. The number of ether oxygens (including phenoxy) is 1. The highest BCUT2D eigenvalue weighted by atomic mass is 16.5. The van der Waals surface area contributed by atoms with Gasteiger partial charge in [0.05, 0.1) is 12.2 Å². The minimum absolute atomic E-state index is 0.242. The van der Waals surface area contributed by atoms with Crippen LogP contribution >= 0.6 is 0 Å². The van der Waals surface area contributed by atoms with Crippen LogP contribution in [0.25, 0.3) is 0 Å². The van der Waals surface area contributed by atoms with Crippen molar-refractivity contribution in [3.8, 4) is 0 Å². The van der Waals surface area contributed by atoms with Gasteiger partial charge in [-0.3, -0.25) is 15.1 Å². The largest absolute Gasteiger partial charge is 0.390 e. The van der Waals surface area contributed by atoms with Crippen LogP contribution in [-0.2, 0) is 9.53 Å². The molecule has 0 aromatic carbocycles. The van der Waals surface area contributed by atoms with Gasteiger partial charge in [0.15, 0.2) is 0 Å². The summed E-state index contributed by atoms with van der Waals surface area (Å²) in [6.45, 7) is 3.60. The monoisotopic (exact) mass is 245 g/mol. The van der Waals surface area contributed by atoms with E-state index in [1.165, 1.54) is 0 Å². The van der Waals surface area contributed by atoms with Crippen molar-refractivity contribution in [2.24, 2.45) is 5.84 Å². The van der Waals surface area contributed by atoms with E-state index in [0.717, 1.165) is 19.4 Å². The van der Waals surface area contributed by atoms with Crippen molar-refractivity contribution in [2.75, 3.05) is 26.8 Å². The van der Waals surface area contributed by atoms with Crippen molar-refractivity contribution in [2.45, 2.75) is 37.8 Å². The summed E-state index contributed by atoms with van der Waals surface area (Å²) in [7, 11) is 1.56. The fourth-order valence-electron chi connectivity index (χ4n) is 2.20. The van der Waals surface area contributed by atoms with E-state index in [1.807, 2.05) is 11.8 Å². The number of carbonyl (C=O) groups is 1. The maximum atomic E-state index is 11.7. The Kier molecular flexibility index (Phi) is 5.32. The molecule has 17 heavy (non-hydrogen) atoms. The van der Waals surface area contributed by atoms with Crippen LogP contribution < -0.4 is 11.3 Å². The van der Waals surface area contributed by atoms with Gasteiger partial charge in [0.25, 0.3) is 5.91 Å². The van der Waals surface area contributed by atoms with Gasteiger partial charge in [0, 0.05) is 13.7 Å². The molecule has 0 bridgehead atoms. The molecule has 1 aliphatic rings. The van der Waals surface area contributed by atoms with Crippen LogP contribution in [0, 0.1) is 0 Å². The quantitative estimate of drug-likeness (QED) is 0.344. The number of hydrogen-bond acceptors (Lipinski definition) is 5. The van der Waals surface area contributed by atoms with E-state index >= 15 is 0 Å². The molecular formula is C11H23N3O3. The van der Waals surface area contributed by atoms with Crippen LogP contribution in [0.5, 0.6) is 0 Å². The zero-order valence-corrected chi connectivity index (χ0v) is 10.6. The van der Waals surface area contributed by atoms with Gasteiger partial charge < -0.3 is 9.84 Å². The molecule has 0 radical (unpaired) electrons. The number of likely N-dealkylation sites (tertiary alicyclic amines) is 1. The van der Waals surface area contributed by atoms with Crippen molar-refractivity contribution >= 4 is 5.91 Å². The second kappa shape index (κ2) is 6.30. The molecule has 1 heterocycles. The molecule has 2 atom stereocenters. The Morgan fingerprint density at radius 3 is 2.88 bits per heavy atom. The lowest BCUT2D eigenvalue weighted by Crippen LogP contribution is -2.51. The zero-order valence-electron chi connectivity index (χ0n) is 10.6. The lowest BCUT2D eigenvalue weighted by molar-refractivity contribution is -0.128. The van der Waals surface area contributed by atoms with Crippen molar-refractivity contribution < 1.29 is 14.6 Å². The molecule has 1 rings (SSSR count). The third kappa shape index (κ3) is 4.23. The molecule has 1 fully saturated rings. The fourth-order valence-corrected chi connectivity index (χ4v) is 2.20. The van der Waals surface area contributed by atoms with E-state index < -0.39 is 5.60 Å². The summed E-state index contributed by atoms with van der Waals surface area (Å²) in [5.41, 5.74) is 1.53. The highest BCUT2D eigenvalue weighted by Crippen LogP contribution is 2.22. The number of rotatable bonds is 4. The molecule has 0 aromatic rings. The molecule has 4 N–H and O–H groups in total. The number of hydrazine groups is 1. The van der Waals surface area contributed by atoms with Crippen LogP contribution in [-0.4, -0.2) is 54.4 Å². The third-order valence-electron chi connectivity index (χ3n) is 3.31. The number of nitrogens with two attached hydrogens (primary N) is 1. The van der Waals surface area contributed by atoms with E-state index in [9.17, 15) is 9.90 Å². The van der Waals surface area contributed by atoms with Gasteiger partial charge in [-0.15, -0.1) is 0 Å². The molecule has 0 saturated carbocycles. The number of nitrogens with one attached hydrogen (secondary N) is 1. The minimum atomic E-state index is -0.633. The van der Waals surface area contributed by atoms with E-state index in [2.05, 4.69) is 5.43 Å². The van der Waals surface area contributed by atoms with Gasteiger partial charge in [-0.1, -0.05) is 0 Å². The molecule has 6 heteroatoms. The summed E-state index contributed by atoms with van der Waals surface area (Å²) < 4.78 is 5.05. The molecule has 0 aromatic heterocycles. The number of carbonyl (C=O) groups excluding carboxylic acids is 1. The molecule has 100 valence electrons. The van der Waals surface area contributed by atoms with Crippen LogP contribution in [0.4, 0.5) is 0 Å². The van der Waals surface area contributed by atoms with Gasteiger partial charge in [-0.25, -0.2) is 5.84 Å². The Labute approximate surface area is 102 Å². The summed E-state index contributed by atoms with van der Waals surface area (Å²) in [6.07, 6.45) is 2.28. The first-order chi connectivity index (χ1) is 8.00. The summed E-state index contributed by atoms with van der Waals surface area (Å²) in [6, 6.07) is -0.376. The average Bonchev–Trinajstić information content (AvgIpc) is 2.46. The maximum Gasteiger partial charge on any atom is 0.253 e. The van der Waals surface area contributed by atoms with Crippen LogP contribution in [0.1, 0.15) is 26.2 Å². The molecular weight excluding hydrogens is 222 g/mol. The van der Waals surface area contributed by atoms with Crippen molar-refractivity contribution in [1.29, 1.82) is 0 Å². The van der Waals surface area contributed by atoms with Crippen molar-refractivity contribution in [3.63, 3.8) is 0 Å². The van der Waals surface area contributed by atoms with Crippen LogP contribution in [0.3, 0.4) is 0 Å². The maximum absolute atomic E-state index is 11.7. The molecule has 2 unspecified atom stereocenters. The second-order valence-electron chi connectivity index (χ2n) is 4.87. The first-order valence-corrected chi connectivity index (χ1v) is 5.96.